The average molecular weight is 633 g/mol. The largest absolute Gasteiger partial charge is 0.497 e. The third-order valence-corrected chi connectivity index (χ3v) is 8.49. The van der Waals surface area contributed by atoms with E-state index in [9.17, 15) is 18.0 Å². The van der Waals surface area contributed by atoms with E-state index in [4.69, 9.17) is 9.47 Å². The number of halogens is 1. The lowest BCUT2D eigenvalue weighted by Gasteiger charge is -2.32. The normalized spacial score (nSPS) is 11.8. The number of amides is 2. The van der Waals surface area contributed by atoms with Crippen LogP contribution in [0, 0.1) is 0 Å². The van der Waals surface area contributed by atoms with Crippen LogP contribution >= 0.6 is 15.9 Å². The number of rotatable bonds is 13. The predicted octanol–water partition coefficient (Wildman–Crippen LogP) is 4.61. The van der Waals surface area contributed by atoms with E-state index in [0.717, 1.165) is 20.8 Å². The highest BCUT2D eigenvalue weighted by molar-refractivity contribution is 9.10. The molecule has 40 heavy (non-hydrogen) atoms. The highest BCUT2D eigenvalue weighted by atomic mass is 79.9. The number of ether oxygens (including phenoxy) is 2. The van der Waals surface area contributed by atoms with Crippen LogP contribution in [0.25, 0.3) is 0 Å². The summed E-state index contributed by atoms with van der Waals surface area (Å²) in [6.07, 6.45) is 0.733. The lowest BCUT2D eigenvalue weighted by atomic mass is 10.1. The minimum absolute atomic E-state index is 0.0000461. The van der Waals surface area contributed by atoms with Gasteiger partial charge in [0, 0.05) is 23.6 Å². The van der Waals surface area contributed by atoms with Crippen molar-refractivity contribution in [3.63, 3.8) is 0 Å². The van der Waals surface area contributed by atoms with Gasteiger partial charge in [-0.05, 0) is 55.3 Å². The van der Waals surface area contributed by atoms with Gasteiger partial charge in [-0.25, -0.2) is 8.42 Å². The van der Waals surface area contributed by atoms with E-state index in [0.29, 0.717) is 12.3 Å². The molecular formula is C29H34BrN3O6S. The van der Waals surface area contributed by atoms with Crippen molar-refractivity contribution in [1.29, 1.82) is 0 Å². The molecule has 9 nitrogen and oxygen atoms in total. The summed E-state index contributed by atoms with van der Waals surface area (Å²) >= 11 is 3.45. The Morgan fingerprint density at radius 3 is 2.33 bits per heavy atom. The summed E-state index contributed by atoms with van der Waals surface area (Å²) < 4.78 is 40.6. The minimum Gasteiger partial charge on any atom is -0.497 e. The quantitative estimate of drug-likeness (QED) is 0.295. The summed E-state index contributed by atoms with van der Waals surface area (Å²) in [7, 11) is -1.36. The zero-order chi connectivity index (χ0) is 29.3. The first-order valence-corrected chi connectivity index (χ1v) is 15.0. The van der Waals surface area contributed by atoms with Crippen molar-refractivity contribution in [1.82, 2.24) is 10.2 Å². The molecule has 0 aliphatic heterocycles. The average Bonchev–Trinajstić information content (AvgIpc) is 2.97. The van der Waals surface area contributed by atoms with Gasteiger partial charge in [-0.1, -0.05) is 53.2 Å². The lowest BCUT2D eigenvalue weighted by molar-refractivity contribution is -0.139. The maximum atomic E-state index is 14.0. The monoisotopic (exact) mass is 631 g/mol. The van der Waals surface area contributed by atoms with Gasteiger partial charge in [-0.15, -0.1) is 0 Å². The summed E-state index contributed by atoms with van der Waals surface area (Å²) in [5.41, 5.74) is 0.902. The summed E-state index contributed by atoms with van der Waals surface area (Å²) in [5, 5.41) is 2.83. The van der Waals surface area contributed by atoms with E-state index < -0.39 is 28.5 Å². The van der Waals surface area contributed by atoms with Crippen LogP contribution in [0.2, 0.25) is 0 Å². The Morgan fingerprint density at radius 2 is 1.70 bits per heavy atom. The minimum atomic E-state index is -4.24. The van der Waals surface area contributed by atoms with Gasteiger partial charge in [0.1, 0.15) is 24.1 Å². The third-order valence-electron chi connectivity index (χ3n) is 6.22. The summed E-state index contributed by atoms with van der Waals surface area (Å²) in [6.45, 7) is 3.53. The summed E-state index contributed by atoms with van der Waals surface area (Å²) in [5.74, 6) is -0.277. The van der Waals surface area contributed by atoms with Crippen molar-refractivity contribution in [2.45, 2.75) is 37.8 Å². The fourth-order valence-corrected chi connectivity index (χ4v) is 5.92. The standard InChI is InChI=1S/C29H34BrN3O6S/c1-5-16-31-29(35)21(2)32(19-22-10-9-11-23(30)17-22)28(34)20-33(40(36,37)25-12-7-6-8-13-25)26-18-24(38-3)14-15-27(26)39-4/h6-15,17-18,21H,5,16,19-20H2,1-4H3,(H,31,35)/t21-/m1/s1. The number of anilines is 1. The van der Waals surface area contributed by atoms with Crippen LogP contribution in [0.1, 0.15) is 25.8 Å². The van der Waals surface area contributed by atoms with Crippen molar-refractivity contribution in [3.05, 3.63) is 82.8 Å². The van der Waals surface area contributed by atoms with E-state index >= 15 is 0 Å². The maximum absolute atomic E-state index is 14.0. The second-order valence-electron chi connectivity index (χ2n) is 8.98. The fourth-order valence-electron chi connectivity index (χ4n) is 4.04. The molecule has 0 heterocycles. The van der Waals surface area contributed by atoms with Crippen molar-refractivity contribution in [2.75, 3.05) is 31.6 Å². The second kappa shape index (κ2) is 14.2. The van der Waals surface area contributed by atoms with Gasteiger partial charge in [0.2, 0.25) is 11.8 Å². The van der Waals surface area contributed by atoms with Gasteiger partial charge in [0.05, 0.1) is 24.8 Å². The number of hydrogen-bond acceptors (Lipinski definition) is 6. The molecule has 214 valence electrons. The maximum Gasteiger partial charge on any atom is 0.264 e. The molecule has 0 aliphatic rings. The molecule has 0 spiro atoms. The molecule has 1 N–H and O–H groups in total. The number of nitrogens with zero attached hydrogens (tertiary/aromatic N) is 2. The molecular weight excluding hydrogens is 598 g/mol. The van der Waals surface area contributed by atoms with Gasteiger partial charge >= 0.3 is 0 Å². The molecule has 0 fully saturated rings. The van der Waals surface area contributed by atoms with Crippen molar-refractivity contribution < 1.29 is 27.5 Å². The number of nitrogens with one attached hydrogen (secondary N) is 1. The molecule has 3 rings (SSSR count). The van der Waals surface area contributed by atoms with Crippen LogP contribution < -0.4 is 19.1 Å². The summed E-state index contributed by atoms with van der Waals surface area (Å²) in [4.78, 5) is 28.4. The van der Waals surface area contributed by atoms with E-state index in [-0.39, 0.29) is 28.8 Å². The molecule has 3 aromatic carbocycles. The number of carbonyl (C=O) groups excluding carboxylic acids is 2. The van der Waals surface area contributed by atoms with Crippen molar-refractivity contribution in [2.24, 2.45) is 0 Å². The van der Waals surface area contributed by atoms with Crippen LogP contribution in [-0.4, -0.2) is 58.5 Å². The van der Waals surface area contributed by atoms with Gasteiger partial charge in [-0.3, -0.25) is 13.9 Å². The number of hydrogen-bond donors (Lipinski definition) is 1. The smallest absolute Gasteiger partial charge is 0.264 e. The first-order chi connectivity index (χ1) is 19.1. The molecule has 0 unspecified atom stereocenters. The number of methoxy groups -OCH3 is 2. The Labute approximate surface area is 244 Å². The second-order valence-corrected chi connectivity index (χ2v) is 11.8. The molecule has 0 bridgehead atoms. The molecule has 0 radical (unpaired) electrons. The molecule has 2 amide bonds. The number of sulfonamides is 1. The van der Waals surface area contributed by atoms with E-state index in [2.05, 4.69) is 21.2 Å². The molecule has 0 aliphatic carbocycles. The first-order valence-electron chi connectivity index (χ1n) is 12.7. The molecule has 0 aromatic heterocycles. The van der Waals surface area contributed by atoms with Crippen LogP contribution in [0.3, 0.4) is 0 Å². The van der Waals surface area contributed by atoms with Crippen LogP contribution in [0.5, 0.6) is 11.5 Å². The van der Waals surface area contributed by atoms with Crippen molar-refractivity contribution in [3.8, 4) is 11.5 Å². The molecule has 11 heteroatoms. The Morgan fingerprint density at radius 1 is 0.975 bits per heavy atom. The lowest BCUT2D eigenvalue weighted by Crippen LogP contribution is -2.51. The SMILES string of the molecule is CCCNC(=O)[C@@H](C)N(Cc1cccc(Br)c1)C(=O)CN(c1cc(OC)ccc1OC)S(=O)(=O)c1ccccc1. The highest BCUT2D eigenvalue weighted by Gasteiger charge is 2.34. The Hall–Kier alpha value is -3.57. The highest BCUT2D eigenvalue weighted by Crippen LogP contribution is 2.36. The van der Waals surface area contributed by atoms with Gasteiger partial charge < -0.3 is 19.7 Å². The fraction of sp³-hybridized carbons (Fsp3) is 0.310. The summed E-state index contributed by atoms with van der Waals surface area (Å²) in [6, 6.07) is 19.1. The van der Waals surface area contributed by atoms with Crippen LogP contribution in [0.4, 0.5) is 5.69 Å². The topological polar surface area (TPSA) is 105 Å². The Bertz CT molecular complexity index is 1420. The molecule has 3 aromatic rings. The van der Waals surface area contributed by atoms with Gasteiger partial charge in [0.15, 0.2) is 0 Å². The first kappa shape index (κ1) is 31.0. The van der Waals surface area contributed by atoms with Crippen LogP contribution in [0.15, 0.2) is 82.2 Å². The van der Waals surface area contributed by atoms with Crippen LogP contribution in [-0.2, 0) is 26.2 Å². The Kier molecular flexibility index (Phi) is 11.0. The number of benzene rings is 3. The third kappa shape index (κ3) is 7.54. The van der Waals surface area contributed by atoms with E-state index in [1.807, 2.05) is 31.2 Å². The molecule has 0 saturated heterocycles. The van der Waals surface area contributed by atoms with Crippen molar-refractivity contribution >= 4 is 43.5 Å². The number of carbonyl (C=O) groups is 2. The molecule has 1 atom stereocenters. The van der Waals surface area contributed by atoms with E-state index in [1.165, 1.54) is 37.3 Å². The Balaban J connectivity index is 2.10. The zero-order valence-corrected chi connectivity index (χ0v) is 25.4. The predicted molar refractivity (Wildman–Crippen MR) is 158 cm³/mol. The zero-order valence-electron chi connectivity index (χ0n) is 23.0. The van der Waals surface area contributed by atoms with Gasteiger partial charge in [-0.2, -0.15) is 0 Å². The van der Waals surface area contributed by atoms with Gasteiger partial charge in [0.25, 0.3) is 10.0 Å². The molecule has 0 saturated carbocycles. The van der Waals surface area contributed by atoms with E-state index in [1.54, 1.807) is 37.3 Å².